The fourth-order valence-electron chi connectivity index (χ4n) is 3.06. The van der Waals surface area contributed by atoms with Crippen LogP contribution in [0.3, 0.4) is 0 Å². The van der Waals surface area contributed by atoms with Gasteiger partial charge in [0.05, 0.1) is 0 Å². The molecule has 156 valence electrons. The van der Waals surface area contributed by atoms with E-state index in [-0.39, 0.29) is 41.6 Å². The number of benzene rings is 2. The molecule has 0 unspecified atom stereocenters. The first-order valence-electron chi connectivity index (χ1n) is 9.73. The first kappa shape index (κ1) is 23.1. The van der Waals surface area contributed by atoms with Crippen LogP contribution in [0, 0.1) is 11.7 Å². The third kappa shape index (κ3) is 7.30. The van der Waals surface area contributed by atoms with Crippen molar-refractivity contribution in [3.63, 3.8) is 0 Å². The molecule has 0 saturated heterocycles. The maximum absolute atomic E-state index is 12.9. The van der Waals surface area contributed by atoms with Gasteiger partial charge in [-0.25, -0.2) is 4.39 Å². The number of nitrogens with one attached hydrogen (secondary N) is 3. The summed E-state index contributed by atoms with van der Waals surface area (Å²) in [4.78, 5) is 16.3. The zero-order chi connectivity index (χ0) is 19.8. The molecule has 0 radical (unpaired) electrons. The van der Waals surface area contributed by atoms with Crippen molar-refractivity contribution in [3.05, 3.63) is 65.5 Å². The van der Waals surface area contributed by atoms with Gasteiger partial charge in [0, 0.05) is 31.7 Å². The summed E-state index contributed by atoms with van der Waals surface area (Å²) in [7, 11) is 1.72. The molecule has 0 aliphatic heterocycles. The van der Waals surface area contributed by atoms with E-state index in [1.807, 2.05) is 24.3 Å². The highest BCUT2D eigenvalue weighted by atomic mass is 127. The SMILES string of the molecule is CN=C(NCCc1ccc(F)cc1)NCc1cccc(NC(=O)C2CCC2)c1.I. The molecule has 29 heavy (non-hydrogen) atoms. The number of guanidine groups is 1. The summed E-state index contributed by atoms with van der Waals surface area (Å²) in [6, 6.07) is 14.4. The highest BCUT2D eigenvalue weighted by Gasteiger charge is 2.25. The van der Waals surface area contributed by atoms with Crippen LogP contribution in [-0.2, 0) is 17.8 Å². The predicted octanol–water partition coefficient (Wildman–Crippen LogP) is 4.09. The zero-order valence-electron chi connectivity index (χ0n) is 16.6. The smallest absolute Gasteiger partial charge is 0.227 e. The number of amides is 1. The second kappa shape index (κ2) is 11.7. The molecule has 0 bridgehead atoms. The van der Waals surface area contributed by atoms with Crippen LogP contribution >= 0.6 is 24.0 Å². The van der Waals surface area contributed by atoms with E-state index < -0.39 is 0 Å². The number of hydrogen-bond donors (Lipinski definition) is 3. The third-order valence-corrected chi connectivity index (χ3v) is 4.97. The molecule has 0 spiro atoms. The van der Waals surface area contributed by atoms with Gasteiger partial charge in [-0.2, -0.15) is 0 Å². The Morgan fingerprint density at radius 3 is 2.52 bits per heavy atom. The van der Waals surface area contributed by atoms with Crippen molar-refractivity contribution in [2.45, 2.75) is 32.2 Å². The van der Waals surface area contributed by atoms with Crippen LogP contribution in [0.15, 0.2) is 53.5 Å². The standard InChI is InChI=1S/C22H27FN4O.HI/c1-24-22(25-13-12-16-8-10-19(23)11-9-16)26-15-17-4-2-7-20(14-17)27-21(28)18-5-3-6-18;/h2,4,7-11,14,18H,3,5-6,12-13,15H2,1H3,(H,27,28)(H2,24,25,26);1H. The van der Waals surface area contributed by atoms with Crippen molar-refractivity contribution in [2.75, 3.05) is 18.9 Å². The van der Waals surface area contributed by atoms with Gasteiger partial charge < -0.3 is 16.0 Å². The van der Waals surface area contributed by atoms with E-state index >= 15 is 0 Å². The van der Waals surface area contributed by atoms with Crippen molar-refractivity contribution >= 4 is 41.5 Å². The van der Waals surface area contributed by atoms with Crippen molar-refractivity contribution in [3.8, 4) is 0 Å². The van der Waals surface area contributed by atoms with Crippen LogP contribution in [0.2, 0.25) is 0 Å². The molecule has 1 aliphatic carbocycles. The molecular formula is C22H28FIN4O. The van der Waals surface area contributed by atoms with Crippen LogP contribution in [0.1, 0.15) is 30.4 Å². The van der Waals surface area contributed by atoms with Crippen LogP contribution in [0.5, 0.6) is 0 Å². The summed E-state index contributed by atoms with van der Waals surface area (Å²) in [6.07, 6.45) is 3.92. The second-order valence-electron chi connectivity index (χ2n) is 7.05. The normalized spacial score (nSPS) is 13.8. The van der Waals surface area contributed by atoms with Crippen molar-refractivity contribution in [2.24, 2.45) is 10.9 Å². The Bertz CT molecular complexity index is 822. The molecule has 5 nitrogen and oxygen atoms in total. The molecule has 2 aromatic carbocycles. The van der Waals surface area contributed by atoms with Crippen LogP contribution < -0.4 is 16.0 Å². The molecule has 1 fully saturated rings. The molecule has 1 amide bonds. The highest BCUT2D eigenvalue weighted by Crippen LogP contribution is 2.27. The summed E-state index contributed by atoms with van der Waals surface area (Å²) in [5, 5.41) is 9.53. The van der Waals surface area contributed by atoms with Gasteiger partial charge in [0.1, 0.15) is 5.82 Å². The number of carbonyl (C=O) groups is 1. The Morgan fingerprint density at radius 1 is 1.10 bits per heavy atom. The second-order valence-corrected chi connectivity index (χ2v) is 7.05. The highest BCUT2D eigenvalue weighted by molar-refractivity contribution is 14.0. The molecule has 0 aromatic heterocycles. The summed E-state index contributed by atoms with van der Waals surface area (Å²) in [5.74, 6) is 0.770. The van der Waals surface area contributed by atoms with Gasteiger partial charge in [-0.15, -0.1) is 24.0 Å². The monoisotopic (exact) mass is 510 g/mol. The molecule has 0 atom stereocenters. The predicted molar refractivity (Wildman–Crippen MR) is 126 cm³/mol. The van der Waals surface area contributed by atoms with E-state index in [4.69, 9.17) is 0 Å². The van der Waals surface area contributed by atoms with Crippen molar-refractivity contribution in [1.29, 1.82) is 0 Å². The molecule has 3 rings (SSSR count). The largest absolute Gasteiger partial charge is 0.356 e. The van der Waals surface area contributed by atoms with E-state index in [1.165, 1.54) is 12.1 Å². The number of halogens is 2. The summed E-state index contributed by atoms with van der Waals surface area (Å²) < 4.78 is 12.9. The van der Waals surface area contributed by atoms with Gasteiger partial charge >= 0.3 is 0 Å². The lowest BCUT2D eigenvalue weighted by Crippen LogP contribution is -2.37. The minimum Gasteiger partial charge on any atom is -0.356 e. The van der Waals surface area contributed by atoms with Gasteiger partial charge in [-0.05, 0) is 54.7 Å². The molecule has 1 aliphatic rings. The quantitative estimate of drug-likeness (QED) is 0.299. The lowest BCUT2D eigenvalue weighted by molar-refractivity contribution is -0.122. The van der Waals surface area contributed by atoms with E-state index in [0.717, 1.165) is 42.5 Å². The zero-order valence-corrected chi connectivity index (χ0v) is 18.9. The number of carbonyl (C=O) groups excluding carboxylic acids is 1. The number of hydrogen-bond acceptors (Lipinski definition) is 2. The molecule has 2 aromatic rings. The summed E-state index contributed by atoms with van der Waals surface area (Å²) >= 11 is 0. The van der Waals surface area contributed by atoms with Gasteiger partial charge in [0.15, 0.2) is 5.96 Å². The lowest BCUT2D eigenvalue weighted by Gasteiger charge is -2.24. The lowest BCUT2D eigenvalue weighted by atomic mass is 9.85. The average molecular weight is 510 g/mol. The minimum atomic E-state index is -0.222. The maximum Gasteiger partial charge on any atom is 0.227 e. The Labute approximate surface area is 188 Å². The van der Waals surface area contributed by atoms with Crippen LogP contribution in [0.4, 0.5) is 10.1 Å². The van der Waals surface area contributed by atoms with Gasteiger partial charge in [0.25, 0.3) is 0 Å². The molecular weight excluding hydrogens is 482 g/mol. The molecule has 3 N–H and O–H groups in total. The Balaban J connectivity index is 0.00000300. The average Bonchev–Trinajstić information content (AvgIpc) is 2.65. The van der Waals surface area contributed by atoms with E-state index in [2.05, 4.69) is 20.9 Å². The Morgan fingerprint density at radius 2 is 1.86 bits per heavy atom. The van der Waals surface area contributed by atoms with E-state index in [9.17, 15) is 9.18 Å². The van der Waals surface area contributed by atoms with Crippen molar-refractivity contribution < 1.29 is 9.18 Å². The number of nitrogens with zero attached hydrogens (tertiary/aromatic N) is 1. The topological polar surface area (TPSA) is 65.5 Å². The Kier molecular flexibility index (Phi) is 9.37. The molecule has 1 saturated carbocycles. The summed E-state index contributed by atoms with van der Waals surface area (Å²) in [6.45, 7) is 1.30. The number of anilines is 1. The van der Waals surface area contributed by atoms with Crippen molar-refractivity contribution in [1.82, 2.24) is 10.6 Å². The van der Waals surface area contributed by atoms with Gasteiger partial charge in [0.2, 0.25) is 5.91 Å². The van der Waals surface area contributed by atoms with E-state index in [0.29, 0.717) is 19.0 Å². The first-order chi connectivity index (χ1) is 13.6. The molecule has 7 heteroatoms. The van der Waals surface area contributed by atoms with Gasteiger partial charge in [-0.1, -0.05) is 30.7 Å². The fourth-order valence-corrected chi connectivity index (χ4v) is 3.06. The first-order valence-corrected chi connectivity index (χ1v) is 9.73. The van der Waals surface area contributed by atoms with Crippen LogP contribution in [-0.4, -0.2) is 25.5 Å². The van der Waals surface area contributed by atoms with Crippen LogP contribution in [0.25, 0.3) is 0 Å². The summed E-state index contributed by atoms with van der Waals surface area (Å²) in [5.41, 5.74) is 2.96. The Hall–Kier alpha value is -2.16. The van der Waals surface area contributed by atoms with Gasteiger partial charge in [-0.3, -0.25) is 9.79 Å². The fraction of sp³-hybridized carbons (Fsp3) is 0.364. The maximum atomic E-state index is 12.9. The minimum absolute atomic E-state index is 0. The third-order valence-electron chi connectivity index (χ3n) is 4.97. The molecule has 0 heterocycles. The number of rotatable bonds is 7. The number of aliphatic imine (C=N–C) groups is 1. The van der Waals surface area contributed by atoms with E-state index in [1.54, 1.807) is 19.2 Å².